The fourth-order valence-corrected chi connectivity index (χ4v) is 2.43. The third-order valence-electron chi connectivity index (χ3n) is 3.17. The van der Waals surface area contributed by atoms with Crippen molar-refractivity contribution in [2.45, 2.75) is 13.3 Å². The predicted molar refractivity (Wildman–Crippen MR) is 78.0 cm³/mol. The Hall–Kier alpha value is -1.49. The van der Waals surface area contributed by atoms with Crippen LogP contribution in [0.3, 0.4) is 0 Å². The lowest BCUT2D eigenvalue weighted by Crippen LogP contribution is -1.96. The number of aryl methyl sites for hydroxylation is 1. The first-order valence-corrected chi connectivity index (χ1v) is 6.74. The van der Waals surface area contributed by atoms with E-state index in [2.05, 4.69) is 20.9 Å². The highest BCUT2D eigenvalue weighted by molar-refractivity contribution is 9.10. The maximum atomic E-state index is 5.41. The van der Waals surface area contributed by atoms with Crippen LogP contribution in [0.5, 0.6) is 11.5 Å². The summed E-state index contributed by atoms with van der Waals surface area (Å²) >= 11 is 3.57. The van der Waals surface area contributed by atoms with Crippen LogP contribution in [-0.2, 0) is 13.5 Å². The Morgan fingerprint density at radius 2 is 2.00 bits per heavy atom. The van der Waals surface area contributed by atoms with E-state index in [1.54, 1.807) is 14.2 Å². The number of aromatic nitrogens is 2. The van der Waals surface area contributed by atoms with Gasteiger partial charge in [-0.2, -0.15) is 0 Å². The van der Waals surface area contributed by atoms with Crippen molar-refractivity contribution in [3.8, 4) is 11.5 Å². The van der Waals surface area contributed by atoms with Crippen LogP contribution in [0.4, 0.5) is 0 Å². The molecule has 0 bridgehead atoms. The topological polar surface area (TPSA) is 36.3 Å². The number of imidazole rings is 1. The van der Waals surface area contributed by atoms with E-state index in [9.17, 15) is 0 Å². The largest absolute Gasteiger partial charge is 0.497 e. The second kappa shape index (κ2) is 5.65. The fourth-order valence-electron chi connectivity index (χ4n) is 1.94. The van der Waals surface area contributed by atoms with Crippen LogP contribution in [0.25, 0.3) is 0 Å². The normalized spacial score (nSPS) is 10.6. The number of halogens is 1. The Kier molecular flexibility index (Phi) is 4.14. The number of ether oxygens (including phenoxy) is 2. The first kappa shape index (κ1) is 13.9. The van der Waals surface area contributed by atoms with Crippen molar-refractivity contribution in [3.63, 3.8) is 0 Å². The minimum Gasteiger partial charge on any atom is -0.497 e. The molecule has 1 heterocycles. The summed E-state index contributed by atoms with van der Waals surface area (Å²) < 4.78 is 13.6. The Balaban J connectivity index is 2.35. The van der Waals surface area contributed by atoms with E-state index in [0.29, 0.717) is 0 Å². The number of hydrogen-bond donors (Lipinski definition) is 0. The zero-order chi connectivity index (χ0) is 14.0. The van der Waals surface area contributed by atoms with Crippen molar-refractivity contribution in [1.29, 1.82) is 0 Å². The second-order valence-corrected chi connectivity index (χ2v) is 5.06. The van der Waals surface area contributed by atoms with E-state index in [1.807, 2.05) is 36.7 Å². The predicted octanol–water partition coefficient (Wildman–Crippen LogP) is 3.10. The maximum Gasteiger partial charge on any atom is 0.126 e. The minimum absolute atomic E-state index is 0.718. The molecule has 19 heavy (non-hydrogen) atoms. The van der Waals surface area contributed by atoms with E-state index >= 15 is 0 Å². The van der Waals surface area contributed by atoms with E-state index in [4.69, 9.17) is 9.47 Å². The molecule has 102 valence electrons. The Labute approximate surface area is 121 Å². The standard InChI is InChI=1S/C14H17BrN2O2/c1-9-16-12(14(15)17(9)2)7-10-5-6-11(18-3)8-13(10)19-4/h5-6,8H,7H2,1-4H3. The summed E-state index contributed by atoms with van der Waals surface area (Å²) in [6.45, 7) is 1.99. The summed E-state index contributed by atoms with van der Waals surface area (Å²) in [7, 11) is 5.30. The van der Waals surface area contributed by atoms with Gasteiger partial charge in [-0.1, -0.05) is 6.07 Å². The lowest BCUT2D eigenvalue weighted by Gasteiger charge is -2.09. The second-order valence-electron chi connectivity index (χ2n) is 4.31. The molecule has 5 heteroatoms. The molecule has 4 nitrogen and oxygen atoms in total. The van der Waals surface area contributed by atoms with Crippen LogP contribution < -0.4 is 9.47 Å². The molecule has 0 aliphatic rings. The van der Waals surface area contributed by atoms with E-state index in [1.165, 1.54) is 0 Å². The molecule has 0 aliphatic carbocycles. The van der Waals surface area contributed by atoms with Gasteiger partial charge in [0, 0.05) is 25.1 Å². The molecule has 0 radical (unpaired) electrons. The van der Waals surface area contributed by atoms with Crippen molar-refractivity contribution in [2.24, 2.45) is 7.05 Å². The molecule has 1 aromatic carbocycles. The van der Waals surface area contributed by atoms with Gasteiger partial charge in [0.1, 0.15) is 21.9 Å². The summed E-state index contributed by atoms with van der Waals surface area (Å²) in [5.74, 6) is 2.58. The van der Waals surface area contributed by atoms with Crippen LogP contribution in [0.15, 0.2) is 22.8 Å². The van der Waals surface area contributed by atoms with Gasteiger partial charge in [-0.3, -0.25) is 0 Å². The van der Waals surface area contributed by atoms with Gasteiger partial charge in [0.2, 0.25) is 0 Å². The van der Waals surface area contributed by atoms with Crippen molar-refractivity contribution in [1.82, 2.24) is 9.55 Å². The average Bonchev–Trinajstić information content (AvgIpc) is 2.67. The molecule has 2 aromatic rings. The maximum absolute atomic E-state index is 5.41. The highest BCUT2D eigenvalue weighted by Gasteiger charge is 2.13. The molecule has 0 amide bonds. The van der Waals surface area contributed by atoms with Crippen molar-refractivity contribution < 1.29 is 9.47 Å². The molecule has 0 atom stereocenters. The van der Waals surface area contributed by atoms with Gasteiger partial charge in [-0.05, 0) is 28.9 Å². The smallest absolute Gasteiger partial charge is 0.126 e. The van der Waals surface area contributed by atoms with Crippen LogP contribution in [0.2, 0.25) is 0 Å². The summed E-state index contributed by atoms with van der Waals surface area (Å²) in [6, 6.07) is 5.83. The number of methoxy groups -OCH3 is 2. The molecular formula is C14H17BrN2O2. The van der Waals surface area contributed by atoms with Crippen molar-refractivity contribution in [2.75, 3.05) is 14.2 Å². The summed E-state index contributed by atoms with van der Waals surface area (Å²) in [5.41, 5.74) is 2.09. The average molecular weight is 325 g/mol. The molecule has 0 saturated heterocycles. The summed E-state index contributed by atoms with van der Waals surface area (Å²) in [4.78, 5) is 4.55. The van der Waals surface area contributed by atoms with E-state index in [0.717, 1.165) is 39.6 Å². The van der Waals surface area contributed by atoms with Gasteiger partial charge >= 0.3 is 0 Å². The Morgan fingerprint density at radius 1 is 1.26 bits per heavy atom. The summed E-state index contributed by atoms with van der Waals surface area (Å²) in [5, 5.41) is 0. The SMILES string of the molecule is COc1ccc(Cc2nc(C)n(C)c2Br)c(OC)c1. The lowest BCUT2D eigenvalue weighted by atomic mass is 10.1. The highest BCUT2D eigenvalue weighted by atomic mass is 79.9. The van der Waals surface area contributed by atoms with Crippen LogP contribution in [0, 0.1) is 6.92 Å². The van der Waals surface area contributed by atoms with Gasteiger partial charge in [-0.15, -0.1) is 0 Å². The molecule has 0 unspecified atom stereocenters. The molecule has 2 rings (SSSR count). The molecule has 1 aromatic heterocycles. The minimum atomic E-state index is 0.718. The molecule has 0 fully saturated rings. The Bertz CT molecular complexity index is 593. The molecule has 0 N–H and O–H groups in total. The number of hydrogen-bond acceptors (Lipinski definition) is 3. The van der Waals surface area contributed by atoms with Crippen molar-refractivity contribution in [3.05, 3.63) is 39.9 Å². The molecule has 0 aliphatic heterocycles. The van der Waals surface area contributed by atoms with E-state index in [-0.39, 0.29) is 0 Å². The van der Waals surface area contributed by atoms with Gasteiger partial charge in [0.15, 0.2) is 0 Å². The van der Waals surface area contributed by atoms with Crippen LogP contribution in [0.1, 0.15) is 17.1 Å². The van der Waals surface area contributed by atoms with Gasteiger partial charge in [0.25, 0.3) is 0 Å². The van der Waals surface area contributed by atoms with Gasteiger partial charge in [-0.25, -0.2) is 4.98 Å². The molecular weight excluding hydrogens is 308 g/mol. The highest BCUT2D eigenvalue weighted by Crippen LogP contribution is 2.28. The first-order chi connectivity index (χ1) is 9.06. The van der Waals surface area contributed by atoms with E-state index < -0.39 is 0 Å². The molecule has 0 spiro atoms. The zero-order valence-electron chi connectivity index (χ0n) is 11.5. The molecule has 0 saturated carbocycles. The lowest BCUT2D eigenvalue weighted by molar-refractivity contribution is 0.391. The number of nitrogens with zero attached hydrogens (tertiary/aromatic N) is 2. The number of benzene rings is 1. The van der Waals surface area contributed by atoms with Crippen molar-refractivity contribution >= 4 is 15.9 Å². The third kappa shape index (κ3) is 2.76. The number of rotatable bonds is 4. The Morgan fingerprint density at radius 3 is 2.53 bits per heavy atom. The first-order valence-electron chi connectivity index (χ1n) is 5.95. The third-order valence-corrected chi connectivity index (χ3v) is 4.16. The van der Waals surface area contributed by atoms with Gasteiger partial charge < -0.3 is 14.0 Å². The van der Waals surface area contributed by atoms with Crippen LogP contribution >= 0.6 is 15.9 Å². The van der Waals surface area contributed by atoms with Crippen LogP contribution in [-0.4, -0.2) is 23.8 Å². The van der Waals surface area contributed by atoms with Gasteiger partial charge in [0.05, 0.1) is 19.9 Å². The summed E-state index contributed by atoms with van der Waals surface area (Å²) in [6.07, 6.45) is 0.718. The monoisotopic (exact) mass is 324 g/mol. The quantitative estimate of drug-likeness (QED) is 0.867. The zero-order valence-corrected chi connectivity index (χ0v) is 13.1. The fraction of sp³-hybridized carbons (Fsp3) is 0.357.